The third kappa shape index (κ3) is 2.15. The van der Waals surface area contributed by atoms with Crippen molar-refractivity contribution in [1.82, 2.24) is 19.5 Å². The van der Waals surface area contributed by atoms with E-state index in [1.165, 1.54) is 13.4 Å². The number of esters is 1. The Kier molecular flexibility index (Phi) is 2.86. The van der Waals surface area contributed by atoms with Crippen LogP contribution in [0.1, 0.15) is 21.9 Å². The second kappa shape index (κ2) is 4.32. The maximum Gasteiger partial charge on any atom is 0.358 e. The molecule has 0 atom stereocenters. The maximum absolute atomic E-state index is 11.3. The average Bonchev–Trinajstić information content (AvgIpc) is 2.80. The molecule has 0 aromatic carbocycles. The van der Waals surface area contributed by atoms with Crippen molar-refractivity contribution in [2.45, 2.75) is 13.8 Å². The molecule has 0 amide bonds. The van der Waals surface area contributed by atoms with Crippen LogP contribution in [-0.4, -0.2) is 32.6 Å². The number of methoxy groups -OCH3 is 1. The van der Waals surface area contributed by atoms with Crippen LogP contribution in [0.2, 0.25) is 0 Å². The number of nitrogens with zero attached hydrogens (tertiary/aromatic N) is 4. The van der Waals surface area contributed by atoms with Crippen LogP contribution < -0.4 is 0 Å². The smallest absolute Gasteiger partial charge is 0.358 e. The van der Waals surface area contributed by atoms with Crippen LogP contribution in [0.5, 0.6) is 0 Å². The SMILES string of the molecule is COC(=O)c1cn(-c2nc(C)ncc2C)cn1. The molecular formula is C11H12N4O2. The van der Waals surface area contributed by atoms with E-state index in [0.717, 1.165) is 5.56 Å². The van der Waals surface area contributed by atoms with E-state index in [1.807, 2.05) is 6.92 Å². The van der Waals surface area contributed by atoms with Gasteiger partial charge in [-0.05, 0) is 13.8 Å². The Hall–Kier alpha value is -2.24. The summed E-state index contributed by atoms with van der Waals surface area (Å²) < 4.78 is 6.27. The van der Waals surface area contributed by atoms with Gasteiger partial charge in [-0.2, -0.15) is 0 Å². The molecule has 0 N–H and O–H groups in total. The number of ether oxygens (including phenoxy) is 1. The van der Waals surface area contributed by atoms with Gasteiger partial charge in [0.15, 0.2) is 5.69 Å². The molecule has 0 bridgehead atoms. The topological polar surface area (TPSA) is 69.9 Å². The molecule has 2 rings (SSSR count). The molecule has 88 valence electrons. The zero-order valence-electron chi connectivity index (χ0n) is 9.84. The molecule has 2 aromatic heterocycles. The molecule has 17 heavy (non-hydrogen) atoms. The summed E-state index contributed by atoms with van der Waals surface area (Å²) in [5, 5.41) is 0. The molecule has 0 aliphatic heterocycles. The minimum absolute atomic E-state index is 0.253. The highest BCUT2D eigenvalue weighted by atomic mass is 16.5. The minimum Gasteiger partial charge on any atom is -0.464 e. The van der Waals surface area contributed by atoms with Crippen LogP contribution in [0.4, 0.5) is 0 Å². The lowest BCUT2D eigenvalue weighted by molar-refractivity contribution is 0.0594. The van der Waals surface area contributed by atoms with Crippen LogP contribution in [0.3, 0.4) is 0 Å². The summed E-state index contributed by atoms with van der Waals surface area (Å²) in [4.78, 5) is 23.6. The molecule has 0 fully saturated rings. The van der Waals surface area contributed by atoms with Gasteiger partial charge in [0.25, 0.3) is 0 Å². The molecule has 0 unspecified atom stereocenters. The zero-order valence-corrected chi connectivity index (χ0v) is 9.84. The van der Waals surface area contributed by atoms with E-state index in [2.05, 4.69) is 19.7 Å². The number of carbonyl (C=O) groups excluding carboxylic acids is 1. The summed E-state index contributed by atoms with van der Waals surface area (Å²) in [5.74, 6) is 0.909. The normalized spacial score (nSPS) is 10.3. The number of imidazole rings is 1. The molecule has 0 saturated heterocycles. The van der Waals surface area contributed by atoms with Crippen molar-refractivity contribution in [1.29, 1.82) is 0 Å². The molecule has 0 radical (unpaired) electrons. The molecule has 2 aromatic rings. The Balaban J connectivity index is 2.43. The zero-order chi connectivity index (χ0) is 12.4. The highest BCUT2D eigenvalue weighted by Gasteiger charge is 2.11. The predicted octanol–water partition coefficient (Wildman–Crippen LogP) is 1.07. The fourth-order valence-corrected chi connectivity index (χ4v) is 1.43. The average molecular weight is 232 g/mol. The largest absolute Gasteiger partial charge is 0.464 e. The number of carbonyl (C=O) groups is 1. The van der Waals surface area contributed by atoms with Crippen LogP contribution in [0.15, 0.2) is 18.7 Å². The summed E-state index contributed by atoms with van der Waals surface area (Å²) in [6.45, 7) is 3.70. The Morgan fingerprint density at radius 3 is 2.82 bits per heavy atom. The monoisotopic (exact) mass is 232 g/mol. The molecule has 2 heterocycles. The van der Waals surface area contributed by atoms with Gasteiger partial charge in [0.05, 0.1) is 7.11 Å². The number of hydrogen-bond donors (Lipinski definition) is 0. The lowest BCUT2D eigenvalue weighted by Gasteiger charge is -2.04. The van der Waals surface area contributed by atoms with E-state index >= 15 is 0 Å². The van der Waals surface area contributed by atoms with Gasteiger partial charge in [-0.25, -0.2) is 19.7 Å². The van der Waals surface area contributed by atoms with Gasteiger partial charge in [-0.15, -0.1) is 0 Å². The van der Waals surface area contributed by atoms with Gasteiger partial charge in [-0.3, -0.25) is 4.57 Å². The quantitative estimate of drug-likeness (QED) is 0.724. The van der Waals surface area contributed by atoms with Crippen molar-refractivity contribution in [2.75, 3.05) is 7.11 Å². The molecule has 0 aliphatic carbocycles. The molecule has 6 nitrogen and oxygen atoms in total. The van der Waals surface area contributed by atoms with Crippen LogP contribution in [0.25, 0.3) is 5.82 Å². The lowest BCUT2D eigenvalue weighted by Crippen LogP contribution is -2.03. The van der Waals surface area contributed by atoms with Crippen molar-refractivity contribution in [3.63, 3.8) is 0 Å². The number of rotatable bonds is 2. The van der Waals surface area contributed by atoms with Crippen molar-refractivity contribution in [3.8, 4) is 5.82 Å². The Labute approximate surface area is 98.3 Å². The van der Waals surface area contributed by atoms with E-state index < -0.39 is 5.97 Å². The summed E-state index contributed by atoms with van der Waals surface area (Å²) in [7, 11) is 1.32. The highest BCUT2D eigenvalue weighted by molar-refractivity contribution is 5.86. The first-order valence-electron chi connectivity index (χ1n) is 5.04. The van der Waals surface area contributed by atoms with E-state index in [-0.39, 0.29) is 5.69 Å². The summed E-state index contributed by atoms with van der Waals surface area (Å²) in [5.41, 5.74) is 1.16. The third-order valence-corrected chi connectivity index (χ3v) is 2.29. The van der Waals surface area contributed by atoms with Gasteiger partial charge in [0.1, 0.15) is 18.0 Å². The first-order valence-corrected chi connectivity index (χ1v) is 5.04. The first kappa shape index (κ1) is 11.3. The Morgan fingerprint density at radius 1 is 1.35 bits per heavy atom. The molecule has 0 saturated carbocycles. The van der Waals surface area contributed by atoms with Gasteiger partial charge in [0, 0.05) is 18.0 Å². The highest BCUT2D eigenvalue weighted by Crippen LogP contribution is 2.11. The van der Waals surface area contributed by atoms with Gasteiger partial charge in [-0.1, -0.05) is 0 Å². The lowest BCUT2D eigenvalue weighted by atomic mass is 10.3. The van der Waals surface area contributed by atoms with Crippen LogP contribution in [0, 0.1) is 13.8 Å². The van der Waals surface area contributed by atoms with E-state index in [9.17, 15) is 4.79 Å². The fraction of sp³-hybridized carbons (Fsp3) is 0.273. The molecular weight excluding hydrogens is 220 g/mol. The minimum atomic E-state index is -0.466. The van der Waals surface area contributed by atoms with Crippen molar-refractivity contribution < 1.29 is 9.53 Å². The molecule has 0 aliphatic rings. The van der Waals surface area contributed by atoms with Crippen molar-refractivity contribution >= 4 is 5.97 Å². The second-order valence-electron chi connectivity index (χ2n) is 3.58. The van der Waals surface area contributed by atoms with Gasteiger partial charge < -0.3 is 4.74 Å². The van der Waals surface area contributed by atoms with Gasteiger partial charge in [0.2, 0.25) is 0 Å². The summed E-state index contributed by atoms with van der Waals surface area (Å²) in [6, 6.07) is 0. The van der Waals surface area contributed by atoms with Gasteiger partial charge >= 0.3 is 5.97 Å². The van der Waals surface area contributed by atoms with Crippen molar-refractivity contribution in [3.05, 3.63) is 35.8 Å². The third-order valence-electron chi connectivity index (χ3n) is 2.29. The first-order chi connectivity index (χ1) is 8.11. The Morgan fingerprint density at radius 2 is 2.12 bits per heavy atom. The fourth-order valence-electron chi connectivity index (χ4n) is 1.43. The molecule has 0 spiro atoms. The summed E-state index contributed by atoms with van der Waals surface area (Å²) in [6.07, 6.45) is 4.84. The Bertz CT molecular complexity index is 562. The predicted molar refractivity (Wildman–Crippen MR) is 60.0 cm³/mol. The maximum atomic E-state index is 11.3. The van der Waals surface area contributed by atoms with Crippen LogP contribution >= 0.6 is 0 Å². The number of hydrogen-bond acceptors (Lipinski definition) is 5. The van der Waals surface area contributed by atoms with E-state index in [4.69, 9.17) is 0 Å². The number of aryl methyl sites for hydroxylation is 2. The summed E-state index contributed by atoms with van der Waals surface area (Å²) >= 11 is 0. The van der Waals surface area contributed by atoms with Crippen molar-refractivity contribution in [2.24, 2.45) is 0 Å². The second-order valence-corrected chi connectivity index (χ2v) is 3.58. The van der Waals surface area contributed by atoms with E-state index in [0.29, 0.717) is 11.6 Å². The molecule has 6 heteroatoms. The van der Waals surface area contributed by atoms with E-state index in [1.54, 1.807) is 23.9 Å². The van der Waals surface area contributed by atoms with Crippen LogP contribution in [-0.2, 0) is 4.74 Å². The standard InChI is InChI=1S/C11H12N4O2/c1-7-4-12-8(2)14-10(7)15-5-9(13-6-15)11(16)17-3/h4-6H,1-3H3. The number of aromatic nitrogens is 4.